The SMILES string of the molecule is Cc1ccc(-n2nc(C(=O)NC3(CN)CCCC3)c3c2CCCC3)cc1. The van der Waals surface area contributed by atoms with Crippen LogP contribution in [0, 0.1) is 6.92 Å². The van der Waals surface area contributed by atoms with Crippen LogP contribution in [0.1, 0.15) is 65.8 Å². The van der Waals surface area contributed by atoms with Crippen molar-refractivity contribution in [1.29, 1.82) is 0 Å². The fraction of sp³-hybridized carbons (Fsp3) is 0.524. The highest BCUT2D eigenvalue weighted by atomic mass is 16.2. The Labute approximate surface area is 155 Å². The molecule has 0 radical (unpaired) electrons. The van der Waals surface area contributed by atoms with Crippen molar-refractivity contribution in [3.63, 3.8) is 0 Å². The Balaban J connectivity index is 1.70. The number of rotatable bonds is 4. The van der Waals surface area contributed by atoms with Crippen LogP contribution >= 0.6 is 0 Å². The number of amides is 1. The van der Waals surface area contributed by atoms with Crippen molar-refractivity contribution >= 4 is 5.91 Å². The topological polar surface area (TPSA) is 72.9 Å². The quantitative estimate of drug-likeness (QED) is 0.888. The Morgan fingerprint density at radius 3 is 2.54 bits per heavy atom. The third kappa shape index (κ3) is 3.05. The Morgan fingerprint density at radius 2 is 1.85 bits per heavy atom. The molecule has 1 saturated carbocycles. The molecule has 0 spiro atoms. The summed E-state index contributed by atoms with van der Waals surface area (Å²) in [6, 6.07) is 8.34. The second kappa shape index (κ2) is 6.88. The smallest absolute Gasteiger partial charge is 0.272 e. The predicted molar refractivity (Wildman–Crippen MR) is 103 cm³/mol. The zero-order valence-corrected chi connectivity index (χ0v) is 15.6. The molecule has 2 aliphatic rings. The molecule has 0 bridgehead atoms. The molecule has 4 rings (SSSR count). The minimum Gasteiger partial charge on any atom is -0.344 e. The second-order valence-electron chi connectivity index (χ2n) is 7.87. The molecule has 1 aromatic carbocycles. The summed E-state index contributed by atoms with van der Waals surface area (Å²) >= 11 is 0. The van der Waals surface area contributed by atoms with E-state index in [0.717, 1.165) is 62.6 Å². The number of nitrogens with zero attached hydrogens (tertiary/aromatic N) is 2. The molecule has 0 atom stereocenters. The average molecular weight is 352 g/mol. The van der Waals surface area contributed by atoms with E-state index in [1.165, 1.54) is 11.3 Å². The van der Waals surface area contributed by atoms with Gasteiger partial charge in [0, 0.05) is 17.8 Å². The second-order valence-corrected chi connectivity index (χ2v) is 7.87. The third-order valence-electron chi connectivity index (χ3n) is 6.00. The van der Waals surface area contributed by atoms with E-state index in [4.69, 9.17) is 10.8 Å². The number of hydrogen-bond donors (Lipinski definition) is 2. The molecule has 1 heterocycles. The average Bonchev–Trinajstić information content (AvgIpc) is 3.28. The first-order valence-corrected chi connectivity index (χ1v) is 9.82. The summed E-state index contributed by atoms with van der Waals surface area (Å²) in [4.78, 5) is 13.1. The molecule has 0 unspecified atom stereocenters. The Morgan fingerprint density at radius 1 is 1.15 bits per heavy atom. The molecule has 2 aliphatic carbocycles. The normalized spacial score (nSPS) is 18.5. The lowest BCUT2D eigenvalue weighted by atomic mass is 9.94. The van der Waals surface area contributed by atoms with Gasteiger partial charge in [-0.05, 0) is 57.6 Å². The first kappa shape index (κ1) is 17.3. The van der Waals surface area contributed by atoms with Gasteiger partial charge in [0.15, 0.2) is 5.69 Å². The van der Waals surface area contributed by atoms with Gasteiger partial charge >= 0.3 is 0 Å². The number of benzene rings is 1. The van der Waals surface area contributed by atoms with E-state index in [9.17, 15) is 4.79 Å². The molecule has 1 fully saturated rings. The van der Waals surface area contributed by atoms with Crippen molar-refractivity contribution in [3.05, 3.63) is 46.8 Å². The summed E-state index contributed by atoms with van der Waals surface area (Å²) < 4.78 is 1.98. The molecule has 2 aromatic rings. The van der Waals surface area contributed by atoms with Crippen LogP contribution in [0.4, 0.5) is 0 Å². The van der Waals surface area contributed by atoms with Gasteiger partial charge in [0.25, 0.3) is 5.91 Å². The number of nitrogens with one attached hydrogen (secondary N) is 1. The number of carbonyl (C=O) groups excluding carboxylic acids is 1. The van der Waals surface area contributed by atoms with Gasteiger partial charge in [-0.1, -0.05) is 30.5 Å². The molecule has 0 saturated heterocycles. The van der Waals surface area contributed by atoms with Gasteiger partial charge in [-0.2, -0.15) is 5.10 Å². The fourth-order valence-corrected chi connectivity index (χ4v) is 4.41. The van der Waals surface area contributed by atoms with E-state index in [0.29, 0.717) is 12.2 Å². The minimum absolute atomic E-state index is 0.0543. The number of carbonyl (C=O) groups is 1. The molecule has 5 nitrogen and oxygen atoms in total. The third-order valence-corrected chi connectivity index (χ3v) is 6.00. The van der Waals surface area contributed by atoms with Crippen LogP contribution in [-0.4, -0.2) is 27.8 Å². The number of aryl methyl sites for hydroxylation is 1. The van der Waals surface area contributed by atoms with Gasteiger partial charge in [-0.15, -0.1) is 0 Å². The molecule has 0 aliphatic heterocycles. The van der Waals surface area contributed by atoms with Gasteiger partial charge < -0.3 is 11.1 Å². The zero-order valence-electron chi connectivity index (χ0n) is 15.6. The molecule has 1 aromatic heterocycles. The molecule has 138 valence electrons. The van der Waals surface area contributed by atoms with E-state index in [2.05, 4.69) is 36.5 Å². The summed E-state index contributed by atoms with van der Waals surface area (Å²) in [6.07, 6.45) is 8.38. The van der Waals surface area contributed by atoms with Gasteiger partial charge in [0.2, 0.25) is 0 Å². The van der Waals surface area contributed by atoms with E-state index in [1.54, 1.807) is 0 Å². The lowest BCUT2D eigenvalue weighted by Crippen LogP contribution is -2.51. The van der Waals surface area contributed by atoms with Crippen LogP contribution in [0.2, 0.25) is 0 Å². The van der Waals surface area contributed by atoms with E-state index < -0.39 is 0 Å². The van der Waals surface area contributed by atoms with Crippen LogP contribution < -0.4 is 11.1 Å². The van der Waals surface area contributed by atoms with Gasteiger partial charge in [0.05, 0.1) is 11.2 Å². The van der Waals surface area contributed by atoms with Crippen LogP contribution in [0.5, 0.6) is 0 Å². The monoisotopic (exact) mass is 352 g/mol. The lowest BCUT2D eigenvalue weighted by Gasteiger charge is -2.28. The summed E-state index contributed by atoms with van der Waals surface area (Å²) in [6.45, 7) is 2.58. The summed E-state index contributed by atoms with van der Waals surface area (Å²) in [7, 11) is 0. The fourth-order valence-electron chi connectivity index (χ4n) is 4.41. The van der Waals surface area contributed by atoms with Crippen molar-refractivity contribution in [2.75, 3.05) is 6.54 Å². The standard InChI is InChI=1S/C21H28N4O/c1-15-8-10-16(11-9-15)25-18-7-3-2-6-17(18)19(24-25)20(26)23-21(14-22)12-4-5-13-21/h8-11H,2-7,12-14,22H2,1H3,(H,23,26). The Hall–Kier alpha value is -2.14. The highest BCUT2D eigenvalue weighted by molar-refractivity contribution is 5.94. The van der Waals surface area contributed by atoms with Gasteiger partial charge in [-0.25, -0.2) is 4.68 Å². The maximum Gasteiger partial charge on any atom is 0.272 e. The number of hydrogen-bond acceptors (Lipinski definition) is 3. The van der Waals surface area contributed by atoms with Crippen LogP contribution in [0.15, 0.2) is 24.3 Å². The Bertz CT molecular complexity index is 800. The van der Waals surface area contributed by atoms with Crippen molar-refractivity contribution in [1.82, 2.24) is 15.1 Å². The summed E-state index contributed by atoms with van der Waals surface area (Å²) in [5.41, 5.74) is 10.9. The van der Waals surface area contributed by atoms with Gasteiger partial charge in [0.1, 0.15) is 0 Å². The lowest BCUT2D eigenvalue weighted by molar-refractivity contribution is 0.0896. The minimum atomic E-state index is -0.244. The van der Waals surface area contributed by atoms with Crippen LogP contribution in [0.25, 0.3) is 5.69 Å². The van der Waals surface area contributed by atoms with Crippen molar-refractivity contribution in [2.24, 2.45) is 5.73 Å². The molecular weight excluding hydrogens is 324 g/mol. The number of aromatic nitrogens is 2. The van der Waals surface area contributed by atoms with Crippen molar-refractivity contribution in [3.8, 4) is 5.69 Å². The predicted octanol–water partition coefficient (Wildman–Crippen LogP) is 3.06. The molecule has 3 N–H and O–H groups in total. The maximum absolute atomic E-state index is 13.1. The van der Waals surface area contributed by atoms with E-state index in [1.807, 2.05) is 4.68 Å². The summed E-state index contributed by atoms with van der Waals surface area (Å²) in [5, 5.41) is 8.01. The maximum atomic E-state index is 13.1. The van der Waals surface area contributed by atoms with Crippen LogP contribution in [-0.2, 0) is 12.8 Å². The van der Waals surface area contributed by atoms with Gasteiger partial charge in [-0.3, -0.25) is 4.79 Å². The first-order valence-electron chi connectivity index (χ1n) is 9.82. The summed E-state index contributed by atoms with van der Waals surface area (Å²) in [5.74, 6) is -0.0543. The molecule has 1 amide bonds. The number of fused-ring (bicyclic) bond motifs is 1. The molecule has 26 heavy (non-hydrogen) atoms. The molecular formula is C21H28N4O. The van der Waals surface area contributed by atoms with Crippen molar-refractivity contribution in [2.45, 2.75) is 63.8 Å². The largest absolute Gasteiger partial charge is 0.344 e. The zero-order chi connectivity index (χ0) is 18.1. The highest BCUT2D eigenvalue weighted by Crippen LogP contribution is 2.31. The van der Waals surface area contributed by atoms with Crippen LogP contribution in [0.3, 0.4) is 0 Å². The highest BCUT2D eigenvalue weighted by Gasteiger charge is 2.36. The van der Waals surface area contributed by atoms with Crippen molar-refractivity contribution < 1.29 is 4.79 Å². The number of nitrogens with two attached hydrogens (primary N) is 1. The first-order chi connectivity index (χ1) is 12.6. The Kier molecular flexibility index (Phi) is 4.57. The van der Waals surface area contributed by atoms with E-state index in [-0.39, 0.29) is 11.4 Å². The van der Waals surface area contributed by atoms with E-state index >= 15 is 0 Å². The molecule has 5 heteroatoms.